The quantitative estimate of drug-likeness (QED) is 0.590. The van der Waals surface area contributed by atoms with E-state index in [1.54, 1.807) is 29.3 Å². The molecule has 0 saturated heterocycles. The van der Waals surface area contributed by atoms with Gasteiger partial charge in [0.15, 0.2) is 0 Å². The molecule has 19 heavy (non-hydrogen) atoms. The number of nitrogens with zero attached hydrogens (tertiary/aromatic N) is 1. The van der Waals surface area contributed by atoms with Gasteiger partial charge in [-0.15, -0.1) is 11.3 Å². The zero-order valence-electron chi connectivity index (χ0n) is 11.3. The molecule has 1 saturated carbocycles. The summed E-state index contributed by atoms with van der Waals surface area (Å²) in [6.45, 7) is 5.09. The van der Waals surface area contributed by atoms with Crippen molar-refractivity contribution in [3.05, 3.63) is 11.6 Å². The molecule has 4 nitrogen and oxygen atoms in total. The second kappa shape index (κ2) is 6.72. The lowest BCUT2D eigenvalue weighted by Gasteiger charge is -2.31. The highest BCUT2D eigenvalue weighted by Crippen LogP contribution is 2.43. The summed E-state index contributed by atoms with van der Waals surface area (Å²) in [6, 6.07) is 0. The van der Waals surface area contributed by atoms with Crippen LogP contribution in [0.3, 0.4) is 0 Å². The van der Waals surface area contributed by atoms with Gasteiger partial charge in [-0.2, -0.15) is 0 Å². The first-order valence-electron chi connectivity index (χ1n) is 6.67. The molecule has 0 radical (unpaired) electrons. The van der Waals surface area contributed by atoms with E-state index in [4.69, 9.17) is 4.74 Å². The SMILES string of the molecule is CCNC(CSc1nccs1)(C(=O)OCC)C1CC1. The first-order chi connectivity index (χ1) is 9.23. The molecule has 0 bridgehead atoms. The highest BCUT2D eigenvalue weighted by atomic mass is 32.2. The number of ether oxygens (including phenoxy) is 1. The highest BCUT2D eigenvalue weighted by Gasteiger charge is 2.51. The number of nitrogens with one attached hydrogen (secondary N) is 1. The first-order valence-corrected chi connectivity index (χ1v) is 8.54. The van der Waals surface area contributed by atoms with Crippen LogP contribution in [0.1, 0.15) is 26.7 Å². The van der Waals surface area contributed by atoms with Gasteiger partial charge in [0.25, 0.3) is 0 Å². The van der Waals surface area contributed by atoms with Gasteiger partial charge in [-0.05, 0) is 32.2 Å². The van der Waals surface area contributed by atoms with Gasteiger partial charge in [0, 0.05) is 17.3 Å². The smallest absolute Gasteiger partial charge is 0.327 e. The molecule has 0 spiro atoms. The molecule has 0 amide bonds. The number of hydrogen-bond donors (Lipinski definition) is 1. The van der Waals surface area contributed by atoms with Crippen LogP contribution < -0.4 is 5.32 Å². The summed E-state index contributed by atoms with van der Waals surface area (Å²) < 4.78 is 6.31. The number of aromatic nitrogens is 1. The molecule has 1 aliphatic carbocycles. The van der Waals surface area contributed by atoms with Crippen LogP contribution in [0.2, 0.25) is 0 Å². The van der Waals surface area contributed by atoms with E-state index in [1.165, 1.54) is 0 Å². The Morgan fingerprint density at radius 3 is 2.95 bits per heavy atom. The van der Waals surface area contributed by atoms with Crippen LogP contribution in [0.15, 0.2) is 15.9 Å². The molecule has 0 aromatic carbocycles. The zero-order valence-corrected chi connectivity index (χ0v) is 13.0. The van der Waals surface area contributed by atoms with E-state index >= 15 is 0 Å². The Morgan fingerprint density at radius 2 is 2.42 bits per heavy atom. The van der Waals surface area contributed by atoms with Crippen LogP contribution in [0.5, 0.6) is 0 Å². The normalized spacial score (nSPS) is 18.0. The molecular formula is C13H20N2O2S2. The van der Waals surface area contributed by atoms with Gasteiger partial charge >= 0.3 is 5.97 Å². The largest absolute Gasteiger partial charge is 0.465 e. The van der Waals surface area contributed by atoms with Crippen LogP contribution in [-0.4, -0.2) is 35.4 Å². The van der Waals surface area contributed by atoms with E-state index in [2.05, 4.69) is 10.3 Å². The minimum Gasteiger partial charge on any atom is -0.465 e. The fourth-order valence-electron chi connectivity index (χ4n) is 2.22. The molecule has 2 rings (SSSR count). The standard InChI is InChI=1S/C13H20N2O2S2/c1-3-15-13(10-5-6-10,11(16)17-4-2)9-19-12-14-7-8-18-12/h7-8,10,15H,3-6,9H2,1-2H3. The second-order valence-corrected chi connectivity index (χ2v) is 6.70. The summed E-state index contributed by atoms with van der Waals surface area (Å²) in [5, 5.41) is 5.34. The average Bonchev–Trinajstić information content (AvgIpc) is 3.12. The fourth-order valence-corrected chi connectivity index (χ4v) is 4.14. The van der Waals surface area contributed by atoms with Crippen LogP contribution >= 0.6 is 23.1 Å². The van der Waals surface area contributed by atoms with E-state index in [9.17, 15) is 4.79 Å². The number of esters is 1. The van der Waals surface area contributed by atoms with E-state index < -0.39 is 5.54 Å². The molecular weight excluding hydrogens is 280 g/mol. The molecule has 106 valence electrons. The minimum absolute atomic E-state index is 0.108. The van der Waals surface area contributed by atoms with Crippen molar-refractivity contribution < 1.29 is 9.53 Å². The second-order valence-electron chi connectivity index (χ2n) is 4.58. The Kier molecular flexibility index (Phi) is 5.24. The third-order valence-electron chi connectivity index (χ3n) is 3.24. The van der Waals surface area contributed by atoms with Crippen molar-refractivity contribution in [2.45, 2.75) is 36.6 Å². The summed E-state index contributed by atoms with van der Waals surface area (Å²) in [7, 11) is 0. The molecule has 1 aromatic rings. The lowest BCUT2D eigenvalue weighted by atomic mass is 9.95. The summed E-state index contributed by atoms with van der Waals surface area (Å²) in [6.07, 6.45) is 4.00. The molecule has 6 heteroatoms. The number of thiazole rings is 1. The molecule has 0 aliphatic heterocycles. The van der Waals surface area contributed by atoms with Crippen molar-refractivity contribution in [2.75, 3.05) is 18.9 Å². The number of likely N-dealkylation sites (N-methyl/N-ethyl adjacent to an activating group) is 1. The van der Waals surface area contributed by atoms with Crippen LogP contribution in [-0.2, 0) is 9.53 Å². The lowest BCUT2D eigenvalue weighted by molar-refractivity contribution is -0.151. The van der Waals surface area contributed by atoms with Crippen molar-refractivity contribution in [1.29, 1.82) is 0 Å². The first kappa shape index (κ1) is 14.8. The number of rotatable bonds is 8. The Morgan fingerprint density at radius 1 is 1.63 bits per heavy atom. The van der Waals surface area contributed by atoms with Gasteiger partial charge in [-0.25, -0.2) is 4.98 Å². The minimum atomic E-state index is -0.541. The Labute approximate surface area is 122 Å². The van der Waals surface area contributed by atoms with Crippen LogP contribution in [0.25, 0.3) is 0 Å². The molecule has 1 atom stereocenters. The topological polar surface area (TPSA) is 51.2 Å². The Bertz CT molecular complexity index is 407. The predicted octanol–water partition coefficient (Wildman–Crippen LogP) is 2.56. The molecule has 1 aliphatic rings. The van der Waals surface area contributed by atoms with Crippen LogP contribution in [0.4, 0.5) is 0 Å². The molecule has 1 fully saturated rings. The summed E-state index contributed by atoms with van der Waals surface area (Å²) in [5.74, 6) is 0.986. The monoisotopic (exact) mass is 300 g/mol. The summed E-state index contributed by atoms with van der Waals surface area (Å²) in [4.78, 5) is 16.6. The summed E-state index contributed by atoms with van der Waals surface area (Å²) in [5.41, 5.74) is -0.541. The fraction of sp³-hybridized carbons (Fsp3) is 0.692. The van der Waals surface area contributed by atoms with Gasteiger partial charge in [0.05, 0.1) is 6.61 Å². The van der Waals surface area contributed by atoms with Crippen LogP contribution in [0, 0.1) is 5.92 Å². The van der Waals surface area contributed by atoms with E-state index in [1.807, 2.05) is 19.2 Å². The maximum atomic E-state index is 12.4. The zero-order chi connectivity index (χ0) is 13.7. The van der Waals surface area contributed by atoms with Crippen molar-refractivity contribution in [2.24, 2.45) is 5.92 Å². The molecule has 1 unspecified atom stereocenters. The van der Waals surface area contributed by atoms with E-state index in [-0.39, 0.29) is 5.97 Å². The van der Waals surface area contributed by atoms with Gasteiger partial charge < -0.3 is 10.1 Å². The number of carbonyl (C=O) groups excluding carboxylic acids is 1. The van der Waals surface area contributed by atoms with Gasteiger partial charge in [0.1, 0.15) is 9.88 Å². The number of thioether (sulfide) groups is 1. The summed E-state index contributed by atoms with van der Waals surface area (Å²) >= 11 is 3.25. The highest BCUT2D eigenvalue weighted by molar-refractivity contribution is 8.01. The Hall–Kier alpha value is -0.590. The lowest BCUT2D eigenvalue weighted by Crippen LogP contribution is -2.57. The molecule has 1 aromatic heterocycles. The van der Waals surface area contributed by atoms with Crippen molar-refractivity contribution in [3.63, 3.8) is 0 Å². The van der Waals surface area contributed by atoms with Gasteiger partial charge in [-0.3, -0.25) is 4.79 Å². The molecule has 1 heterocycles. The number of hydrogen-bond acceptors (Lipinski definition) is 6. The van der Waals surface area contributed by atoms with Crippen molar-refractivity contribution >= 4 is 29.1 Å². The van der Waals surface area contributed by atoms with Gasteiger partial charge in [0.2, 0.25) is 0 Å². The third kappa shape index (κ3) is 3.49. The van der Waals surface area contributed by atoms with Crippen molar-refractivity contribution in [1.82, 2.24) is 10.3 Å². The maximum Gasteiger partial charge on any atom is 0.327 e. The third-order valence-corrected chi connectivity index (χ3v) is 5.40. The molecule has 1 N–H and O–H groups in total. The van der Waals surface area contributed by atoms with Crippen molar-refractivity contribution in [3.8, 4) is 0 Å². The van der Waals surface area contributed by atoms with E-state index in [0.29, 0.717) is 18.3 Å². The van der Waals surface area contributed by atoms with Gasteiger partial charge in [-0.1, -0.05) is 18.7 Å². The Balaban J connectivity index is 2.09. The number of carbonyl (C=O) groups is 1. The maximum absolute atomic E-state index is 12.4. The predicted molar refractivity (Wildman–Crippen MR) is 78.6 cm³/mol. The van der Waals surface area contributed by atoms with E-state index in [0.717, 1.165) is 23.7 Å². The average molecular weight is 300 g/mol.